The number of nitrogens with two attached hydrogens (primary N) is 1. The van der Waals surface area contributed by atoms with Crippen LogP contribution in [0.3, 0.4) is 0 Å². The average Bonchev–Trinajstić information content (AvgIpc) is 2.73. The lowest BCUT2D eigenvalue weighted by atomic mass is 9.98. The van der Waals surface area contributed by atoms with Crippen LogP contribution >= 0.6 is 0 Å². The minimum absolute atomic E-state index is 0.144. The molecule has 0 aliphatic carbocycles. The summed E-state index contributed by atoms with van der Waals surface area (Å²) >= 11 is 0. The molecule has 1 fully saturated rings. The lowest BCUT2D eigenvalue weighted by molar-refractivity contribution is -0.126. The highest BCUT2D eigenvalue weighted by molar-refractivity contribution is 7.89. The Morgan fingerprint density at radius 3 is 2.41 bits per heavy atom. The van der Waals surface area contributed by atoms with Gasteiger partial charge in [-0.15, -0.1) is 0 Å². The third kappa shape index (κ3) is 4.74. The van der Waals surface area contributed by atoms with E-state index in [1.54, 1.807) is 30.3 Å². The first-order valence-corrected chi connectivity index (χ1v) is 10.6. The molecule has 2 unspecified atom stereocenters. The van der Waals surface area contributed by atoms with Crippen molar-refractivity contribution in [3.63, 3.8) is 0 Å². The molecule has 2 atom stereocenters. The molecule has 3 N–H and O–H groups in total. The minimum atomic E-state index is -3.57. The van der Waals surface area contributed by atoms with Gasteiger partial charge in [0.05, 0.1) is 10.8 Å². The van der Waals surface area contributed by atoms with E-state index < -0.39 is 10.0 Å². The highest BCUT2D eigenvalue weighted by Gasteiger charge is 2.33. The predicted octanol–water partition coefficient (Wildman–Crippen LogP) is 1.90. The Morgan fingerprint density at radius 1 is 1.11 bits per heavy atom. The maximum Gasteiger partial charge on any atom is 0.243 e. The Morgan fingerprint density at radius 2 is 1.74 bits per heavy atom. The van der Waals surface area contributed by atoms with E-state index in [-0.39, 0.29) is 29.3 Å². The second-order valence-electron chi connectivity index (χ2n) is 6.78. The van der Waals surface area contributed by atoms with Crippen LogP contribution in [-0.2, 0) is 14.8 Å². The summed E-state index contributed by atoms with van der Waals surface area (Å²) < 4.78 is 27.0. The third-order valence-electron chi connectivity index (χ3n) is 4.86. The van der Waals surface area contributed by atoms with Gasteiger partial charge in [0.2, 0.25) is 15.9 Å². The molecule has 0 radical (unpaired) electrons. The molecule has 2 aromatic rings. The van der Waals surface area contributed by atoms with E-state index >= 15 is 0 Å². The van der Waals surface area contributed by atoms with Crippen LogP contribution in [0.15, 0.2) is 65.6 Å². The van der Waals surface area contributed by atoms with E-state index in [9.17, 15) is 13.2 Å². The quantitative estimate of drug-likeness (QED) is 0.792. The molecule has 1 aliphatic rings. The van der Waals surface area contributed by atoms with Crippen molar-refractivity contribution >= 4 is 15.9 Å². The van der Waals surface area contributed by atoms with Crippen molar-refractivity contribution in [2.75, 3.05) is 19.6 Å². The number of rotatable bonds is 6. The molecule has 1 amide bonds. The number of nitrogens with zero attached hydrogens (tertiary/aromatic N) is 1. The molecule has 2 aromatic carbocycles. The van der Waals surface area contributed by atoms with Crippen LogP contribution in [0.1, 0.15) is 24.4 Å². The molecule has 3 rings (SSSR count). The summed E-state index contributed by atoms with van der Waals surface area (Å²) in [5, 5.41) is 2.88. The van der Waals surface area contributed by atoms with Crippen molar-refractivity contribution in [2.45, 2.75) is 23.8 Å². The zero-order valence-electron chi connectivity index (χ0n) is 15.1. The van der Waals surface area contributed by atoms with Gasteiger partial charge in [-0.3, -0.25) is 4.79 Å². The molecule has 1 saturated heterocycles. The molecule has 144 valence electrons. The van der Waals surface area contributed by atoms with Gasteiger partial charge in [-0.1, -0.05) is 48.5 Å². The summed E-state index contributed by atoms with van der Waals surface area (Å²) in [6.45, 7) is 0.957. The van der Waals surface area contributed by atoms with Crippen LogP contribution in [0.4, 0.5) is 0 Å². The van der Waals surface area contributed by atoms with E-state index in [0.29, 0.717) is 25.9 Å². The van der Waals surface area contributed by atoms with Gasteiger partial charge in [0.25, 0.3) is 0 Å². The predicted molar refractivity (Wildman–Crippen MR) is 104 cm³/mol. The first-order valence-electron chi connectivity index (χ1n) is 9.12. The fourth-order valence-electron chi connectivity index (χ4n) is 3.29. The Kier molecular flexibility index (Phi) is 6.26. The maximum absolute atomic E-state index is 12.8. The maximum atomic E-state index is 12.8. The summed E-state index contributed by atoms with van der Waals surface area (Å²) in [4.78, 5) is 12.8. The van der Waals surface area contributed by atoms with Crippen LogP contribution in [0.25, 0.3) is 0 Å². The number of carbonyl (C=O) groups is 1. The van der Waals surface area contributed by atoms with Crippen LogP contribution in [0, 0.1) is 5.92 Å². The van der Waals surface area contributed by atoms with Crippen LogP contribution < -0.4 is 11.1 Å². The number of piperidine rings is 1. The highest BCUT2D eigenvalue weighted by atomic mass is 32.2. The monoisotopic (exact) mass is 387 g/mol. The molecule has 0 saturated carbocycles. The van der Waals surface area contributed by atoms with E-state index in [2.05, 4.69) is 5.32 Å². The molecule has 27 heavy (non-hydrogen) atoms. The van der Waals surface area contributed by atoms with Crippen LogP contribution in [0.5, 0.6) is 0 Å². The summed E-state index contributed by atoms with van der Waals surface area (Å²) in [7, 11) is -3.57. The molecule has 1 heterocycles. The summed E-state index contributed by atoms with van der Waals surface area (Å²) in [6, 6.07) is 17.6. The molecule has 1 aliphatic heterocycles. The van der Waals surface area contributed by atoms with Crippen molar-refractivity contribution in [1.29, 1.82) is 0 Å². The summed E-state index contributed by atoms with van der Waals surface area (Å²) in [5.41, 5.74) is 7.08. The number of benzene rings is 2. The normalized spacial score (nSPS) is 19.4. The fraction of sp³-hybridized carbons (Fsp3) is 0.350. The smallest absolute Gasteiger partial charge is 0.243 e. The number of amides is 1. The first-order chi connectivity index (χ1) is 13.0. The molecule has 6 nitrogen and oxygen atoms in total. The van der Waals surface area contributed by atoms with Gasteiger partial charge in [0.15, 0.2) is 0 Å². The number of sulfonamides is 1. The Hall–Kier alpha value is -2.22. The zero-order chi connectivity index (χ0) is 19.3. The molecule has 7 heteroatoms. The lowest BCUT2D eigenvalue weighted by Crippen LogP contribution is -2.46. The van der Waals surface area contributed by atoms with Crippen molar-refractivity contribution in [1.82, 2.24) is 9.62 Å². The molecule has 0 aromatic heterocycles. The largest absolute Gasteiger partial charge is 0.354 e. The van der Waals surface area contributed by atoms with Crippen LogP contribution in [0.2, 0.25) is 0 Å². The zero-order valence-corrected chi connectivity index (χ0v) is 15.9. The fourth-order valence-corrected chi connectivity index (χ4v) is 4.83. The van der Waals surface area contributed by atoms with E-state index in [0.717, 1.165) is 5.56 Å². The number of hydrogen-bond donors (Lipinski definition) is 2. The van der Waals surface area contributed by atoms with Gasteiger partial charge < -0.3 is 11.1 Å². The Bertz CT molecular complexity index is 857. The topological polar surface area (TPSA) is 92.5 Å². The minimum Gasteiger partial charge on any atom is -0.354 e. The first kappa shape index (κ1) is 19.5. The standard InChI is InChI=1S/C20H25N3O3S/c21-19(16-8-3-1-4-9-16)14-22-20(24)17-10-7-13-23(15-17)27(25,26)18-11-5-2-6-12-18/h1-6,8-9,11-12,17,19H,7,10,13-15,21H2,(H,22,24). The van der Waals surface area contributed by atoms with E-state index in [1.165, 1.54) is 4.31 Å². The van der Waals surface area contributed by atoms with E-state index in [1.807, 2.05) is 30.3 Å². The average molecular weight is 388 g/mol. The number of nitrogens with one attached hydrogen (secondary N) is 1. The molecular formula is C20H25N3O3S. The SMILES string of the molecule is NC(CNC(=O)C1CCCN(S(=O)(=O)c2ccccc2)C1)c1ccccc1. The lowest BCUT2D eigenvalue weighted by Gasteiger charge is -2.31. The van der Waals surface area contributed by atoms with Gasteiger partial charge in [0.1, 0.15) is 0 Å². The highest BCUT2D eigenvalue weighted by Crippen LogP contribution is 2.24. The van der Waals surface area contributed by atoms with Crippen molar-refractivity contribution in [3.05, 3.63) is 66.2 Å². The summed E-state index contributed by atoms with van der Waals surface area (Å²) in [6.07, 6.45) is 1.34. The Balaban J connectivity index is 1.60. The van der Waals surface area contributed by atoms with Crippen molar-refractivity contribution in [2.24, 2.45) is 11.7 Å². The van der Waals surface area contributed by atoms with Gasteiger partial charge in [-0.25, -0.2) is 8.42 Å². The van der Waals surface area contributed by atoms with Crippen molar-refractivity contribution < 1.29 is 13.2 Å². The van der Waals surface area contributed by atoms with Crippen molar-refractivity contribution in [3.8, 4) is 0 Å². The third-order valence-corrected chi connectivity index (χ3v) is 6.74. The summed E-state index contributed by atoms with van der Waals surface area (Å²) in [5.74, 6) is -0.505. The second-order valence-corrected chi connectivity index (χ2v) is 8.72. The number of hydrogen-bond acceptors (Lipinski definition) is 4. The Labute approximate surface area is 160 Å². The van der Waals surface area contributed by atoms with Gasteiger partial charge in [0, 0.05) is 25.7 Å². The van der Waals surface area contributed by atoms with Gasteiger partial charge in [-0.2, -0.15) is 4.31 Å². The van der Waals surface area contributed by atoms with Gasteiger partial charge in [-0.05, 0) is 30.5 Å². The molecule has 0 spiro atoms. The van der Waals surface area contributed by atoms with Gasteiger partial charge >= 0.3 is 0 Å². The van der Waals surface area contributed by atoms with E-state index in [4.69, 9.17) is 5.73 Å². The van der Waals surface area contributed by atoms with Crippen LogP contribution in [-0.4, -0.2) is 38.3 Å². The molecule has 0 bridgehead atoms. The number of carbonyl (C=O) groups excluding carboxylic acids is 1. The molecular weight excluding hydrogens is 362 g/mol. The second kappa shape index (κ2) is 8.65.